The quantitative estimate of drug-likeness (QED) is 0.879. The smallest absolute Gasteiger partial charge is 0.137 e. The summed E-state index contributed by atoms with van der Waals surface area (Å²) in [5, 5.41) is 5.30. The summed E-state index contributed by atoms with van der Waals surface area (Å²) in [4.78, 5) is 1.16. The third-order valence-electron chi connectivity index (χ3n) is 2.97. The molecule has 0 saturated carbocycles. The molecule has 2 rings (SSSR count). The summed E-state index contributed by atoms with van der Waals surface area (Å²) in [5.74, 6) is 0.656. The number of ether oxygens (including phenoxy) is 1. The fourth-order valence-electron chi connectivity index (χ4n) is 1.96. The number of likely N-dealkylation sites (N-methyl/N-ethyl adjacent to an activating group) is 1. The molecule has 1 unspecified atom stereocenters. The molecule has 0 saturated heterocycles. The Morgan fingerprint density at radius 3 is 2.84 bits per heavy atom. The molecule has 2 aromatic rings. The van der Waals surface area contributed by atoms with Gasteiger partial charge in [-0.2, -0.15) is 0 Å². The van der Waals surface area contributed by atoms with Gasteiger partial charge in [-0.25, -0.2) is 4.39 Å². The Hall–Kier alpha value is -0.910. The van der Waals surface area contributed by atoms with Crippen LogP contribution in [-0.2, 0) is 6.42 Å². The predicted molar refractivity (Wildman–Crippen MR) is 80.5 cm³/mol. The number of nitrogens with one attached hydrogen (secondary N) is 1. The predicted octanol–water partition coefficient (Wildman–Crippen LogP) is 4.16. The van der Waals surface area contributed by atoms with Gasteiger partial charge in [0.15, 0.2) is 0 Å². The zero-order valence-electron chi connectivity index (χ0n) is 10.7. The van der Waals surface area contributed by atoms with E-state index < -0.39 is 0 Å². The van der Waals surface area contributed by atoms with Crippen LogP contribution in [0.1, 0.15) is 16.5 Å². The van der Waals surface area contributed by atoms with E-state index in [-0.39, 0.29) is 11.9 Å². The van der Waals surface area contributed by atoms with Crippen molar-refractivity contribution in [1.82, 2.24) is 5.32 Å². The summed E-state index contributed by atoms with van der Waals surface area (Å²) in [6, 6.07) is 7.24. The minimum absolute atomic E-state index is 0.160. The molecule has 0 amide bonds. The Morgan fingerprint density at radius 2 is 2.21 bits per heavy atom. The van der Waals surface area contributed by atoms with Crippen LogP contribution in [0.2, 0.25) is 0 Å². The molecule has 0 aliphatic rings. The molecule has 0 spiro atoms. The molecule has 102 valence electrons. The summed E-state index contributed by atoms with van der Waals surface area (Å²) in [7, 11) is 3.59. The SMILES string of the molecule is CNC(Cc1ccc(F)c(Br)c1)c1sccc1OC. The number of rotatable bonds is 5. The van der Waals surface area contributed by atoms with Crippen LogP contribution in [0.3, 0.4) is 0 Å². The second kappa shape index (κ2) is 6.50. The Bertz CT molecular complexity index is 558. The summed E-state index contributed by atoms with van der Waals surface area (Å²) in [5.41, 5.74) is 1.07. The van der Waals surface area contributed by atoms with Gasteiger partial charge < -0.3 is 10.1 Å². The van der Waals surface area contributed by atoms with Crippen LogP contribution in [0.25, 0.3) is 0 Å². The van der Waals surface area contributed by atoms with E-state index in [0.717, 1.165) is 22.6 Å². The molecular weight excluding hydrogens is 329 g/mol. The van der Waals surface area contributed by atoms with E-state index in [1.54, 1.807) is 18.4 Å². The van der Waals surface area contributed by atoms with Crippen LogP contribution in [0.4, 0.5) is 4.39 Å². The lowest BCUT2D eigenvalue weighted by atomic mass is 10.0. The average molecular weight is 344 g/mol. The Balaban J connectivity index is 2.21. The van der Waals surface area contributed by atoms with Gasteiger partial charge in [-0.05, 0) is 58.5 Å². The lowest BCUT2D eigenvalue weighted by molar-refractivity contribution is 0.405. The van der Waals surface area contributed by atoms with Crippen molar-refractivity contribution in [1.29, 1.82) is 0 Å². The van der Waals surface area contributed by atoms with Crippen molar-refractivity contribution >= 4 is 27.3 Å². The van der Waals surface area contributed by atoms with Gasteiger partial charge in [-0.3, -0.25) is 0 Å². The first-order valence-electron chi connectivity index (χ1n) is 5.88. The number of thiophene rings is 1. The normalized spacial score (nSPS) is 12.4. The van der Waals surface area contributed by atoms with Gasteiger partial charge in [0, 0.05) is 6.04 Å². The third-order valence-corrected chi connectivity index (χ3v) is 4.59. The van der Waals surface area contributed by atoms with Crippen molar-refractivity contribution in [3.8, 4) is 5.75 Å². The van der Waals surface area contributed by atoms with Crippen molar-refractivity contribution in [2.75, 3.05) is 14.2 Å². The van der Waals surface area contributed by atoms with Gasteiger partial charge in [0.05, 0.1) is 16.5 Å². The minimum atomic E-state index is -0.238. The van der Waals surface area contributed by atoms with Crippen LogP contribution in [0.15, 0.2) is 34.1 Å². The maximum Gasteiger partial charge on any atom is 0.137 e. The fraction of sp³-hybridized carbons (Fsp3) is 0.286. The molecule has 1 aromatic carbocycles. The van der Waals surface area contributed by atoms with E-state index in [9.17, 15) is 4.39 Å². The van der Waals surface area contributed by atoms with Gasteiger partial charge in [-0.15, -0.1) is 11.3 Å². The maximum atomic E-state index is 13.2. The number of benzene rings is 1. The molecule has 1 atom stereocenters. The van der Waals surface area contributed by atoms with Gasteiger partial charge in [0.2, 0.25) is 0 Å². The second-order valence-electron chi connectivity index (χ2n) is 4.15. The number of methoxy groups -OCH3 is 1. The number of halogens is 2. The summed E-state index contributed by atoms with van der Waals surface area (Å²) in [6.07, 6.45) is 0.784. The van der Waals surface area contributed by atoms with Crippen LogP contribution in [-0.4, -0.2) is 14.2 Å². The lowest BCUT2D eigenvalue weighted by Crippen LogP contribution is -2.18. The molecule has 0 fully saturated rings. The van der Waals surface area contributed by atoms with E-state index in [1.807, 2.05) is 30.6 Å². The highest BCUT2D eigenvalue weighted by Crippen LogP contribution is 2.33. The Kier molecular flexibility index (Phi) is 4.96. The summed E-state index contributed by atoms with van der Waals surface area (Å²) < 4.78 is 19.1. The van der Waals surface area contributed by atoms with Gasteiger partial charge in [-0.1, -0.05) is 6.07 Å². The highest BCUT2D eigenvalue weighted by atomic mass is 79.9. The van der Waals surface area contributed by atoms with Crippen LogP contribution >= 0.6 is 27.3 Å². The van der Waals surface area contributed by atoms with Gasteiger partial charge in [0.25, 0.3) is 0 Å². The van der Waals surface area contributed by atoms with Crippen LogP contribution in [0.5, 0.6) is 5.75 Å². The number of hydrogen-bond donors (Lipinski definition) is 1. The zero-order chi connectivity index (χ0) is 13.8. The Morgan fingerprint density at radius 1 is 1.42 bits per heavy atom. The molecule has 1 N–H and O–H groups in total. The van der Waals surface area contributed by atoms with Crippen molar-refractivity contribution < 1.29 is 9.13 Å². The third kappa shape index (κ3) is 3.35. The van der Waals surface area contributed by atoms with E-state index in [2.05, 4.69) is 21.2 Å². The van der Waals surface area contributed by atoms with E-state index in [0.29, 0.717) is 4.47 Å². The van der Waals surface area contributed by atoms with Crippen molar-refractivity contribution in [3.63, 3.8) is 0 Å². The monoisotopic (exact) mass is 343 g/mol. The van der Waals surface area contributed by atoms with Gasteiger partial charge in [0.1, 0.15) is 11.6 Å². The first-order chi connectivity index (χ1) is 9.15. The summed E-state index contributed by atoms with van der Waals surface area (Å²) >= 11 is 4.88. The topological polar surface area (TPSA) is 21.3 Å². The summed E-state index contributed by atoms with van der Waals surface area (Å²) in [6.45, 7) is 0. The first-order valence-corrected chi connectivity index (χ1v) is 7.55. The zero-order valence-corrected chi connectivity index (χ0v) is 13.1. The van der Waals surface area contributed by atoms with E-state index in [4.69, 9.17) is 4.74 Å². The average Bonchev–Trinajstić information content (AvgIpc) is 2.88. The molecule has 2 nitrogen and oxygen atoms in total. The van der Waals surface area contributed by atoms with E-state index in [1.165, 1.54) is 6.07 Å². The first kappa shape index (κ1) is 14.5. The molecule has 5 heteroatoms. The molecule has 1 aromatic heterocycles. The van der Waals surface area contributed by atoms with Crippen LogP contribution in [0, 0.1) is 5.82 Å². The van der Waals surface area contributed by atoms with Gasteiger partial charge >= 0.3 is 0 Å². The second-order valence-corrected chi connectivity index (χ2v) is 5.95. The molecular formula is C14H15BrFNOS. The maximum absolute atomic E-state index is 13.2. The largest absolute Gasteiger partial charge is 0.496 e. The van der Waals surface area contributed by atoms with Crippen molar-refractivity contribution in [2.24, 2.45) is 0 Å². The minimum Gasteiger partial charge on any atom is -0.496 e. The highest BCUT2D eigenvalue weighted by Gasteiger charge is 2.17. The molecule has 1 heterocycles. The number of hydrogen-bond acceptors (Lipinski definition) is 3. The molecule has 0 aliphatic carbocycles. The fourth-order valence-corrected chi connectivity index (χ4v) is 3.36. The molecule has 0 aliphatic heterocycles. The molecule has 0 bridgehead atoms. The van der Waals surface area contributed by atoms with Crippen molar-refractivity contribution in [2.45, 2.75) is 12.5 Å². The lowest BCUT2D eigenvalue weighted by Gasteiger charge is -2.16. The Labute approximate surface area is 124 Å². The molecule has 0 radical (unpaired) electrons. The molecule has 19 heavy (non-hydrogen) atoms. The van der Waals surface area contributed by atoms with Crippen LogP contribution < -0.4 is 10.1 Å². The van der Waals surface area contributed by atoms with Crippen molar-refractivity contribution in [3.05, 3.63) is 50.4 Å². The highest BCUT2D eigenvalue weighted by molar-refractivity contribution is 9.10. The van der Waals surface area contributed by atoms with E-state index >= 15 is 0 Å². The standard InChI is InChI=1S/C14H15BrFNOS/c1-17-12(14-13(18-2)5-6-19-14)8-9-3-4-11(16)10(15)7-9/h3-7,12,17H,8H2,1-2H3.